The van der Waals surface area contributed by atoms with Crippen LogP contribution in [0.2, 0.25) is 0 Å². The quantitative estimate of drug-likeness (QED) is 0.617. The molecule has 1 aromatic rings. The zero-order chi connectivity index (χ0) is 8.32. The number of rotatable bonds is 2. The van der Waals surface area contributed by atoms with Gasteiger partial charge in [0.05, 0.1) is 0 Å². The molecule has 0 radical (unpaired) electrons. The molecule has 0 heterocycles. The summed E-state index contributed by atoms with van der Waals surface area (Å²) in [7, 11) is -3.88. The lowest BCUT2D eigenvalue weighted by atomic mass is 10.2. The van der Waals surface area contributed by atoms with Crippen molar-refractivity contribution in [1.82, 2.24) is 0 Å². The van der Waals surface area contributed by atoms with Crippen LogP contribution in [-0.4, -0.2) is 29.4 Å². The van der Waals surface area contributed by atoms with E-state index in [1.54, 1.807) is 30.3 Å². The molecule has 0 unspecified atom stereocenters. The van der Waals surface area contributed by atoms with Crippen molar-refractivity contribution in [1.29, 1.82) is 0 Å². The molecule has 0 atom stereocenters. The van der Waals surface area contributed by atoms with Gasteiger partial charge in [-0.1, -0.05) is 30.3 Å². The Kier molecular flexibility index (Phi) is 9.92. The van der Waals surface area contributed by atoms with Gasteiger partial charge in [-0.3, -0.25) is 4.55 Å². The summed E-state index contributed by atoms with van der Waals surface area (Å²) in [5.41, 5.74) is 0.593. The lowest BCUT2D eigenvalue weighted by molar-refractivity contribution is 0.482. The Morgan fingerprint density at radius 1 is 1.00 bits per heavy atom. The zero-order valence-corrected chi connectivity index (χ0v) is 8.08. The summed E-state index contributed by atoms with van der Waals surface area (Å²) in [6, 6.07) is 8.52. The molecule has 0 aromatic heterocycles. The predicted octanol–water partition coefficient (Wildman–Crippen LogP) is -1.40. The molecule has 0 aliphatic heterocycles. The fraction of sp³-hybridized carbons (Fsp3) is 0.143. The van der Waals surface area contributed by atoms with Crippen molar-refractivity contribution in [3.63, 3.8) is 0 Å². The first-order chi connectivity index (χ1) is 5.08. The number of hydrogen-bond donors (Lipinski definition) is 1. The van der Waals surface area contributed by atoms with Gasteiger partial charge in [-0.15, -0.1) is 0 Å². The van der Waals surface area contributed by atoms with Gasteiger partial charge in [-0.2, -0.15) is 8.42 Å². The van der Waals surface area contributed by atoms with Crippen LogP contribution in [0.4, 0.5) is 0 Å². The summed E-state index contributed by atoms with van der Waals surface area (Å²) in [6.07, 6.45) is 0. The normalized spacial score (nSPS) is 8.93. The molecule has 0 aliphatic carbocycles. The molecule has 0 bridgehead atoms. The van der Waals surface area contributed by atoms with Crippen molar-refractivity contribution in [2.24, 2.45) is 0 Å². The van der Waals surface area contributed by atoms with Crippen molar-refractivity contribution in [2.75, 3.05) is 0 Å². The Hall–Kier alpha value is -0.990. The van der Waals surface area contributed by atoms with Crippen LogP contribution in [0.25, 0.3) is 0 Å². The van der Waals surface area contributed by atoms with Gasteiger partial charge in [-0.25, -0.2) is 0 Å². The van der Waals surface area contributed by atoms with Crippen LogP contribution in [0.15, 0.2) is 30.3 Å². The van der Waals surface area contributed by atoms with Gasteiger partial charge in [0.1, 0.15) is 5.75 Å². The first-order valence-corrected chi connectivity index (χ1v) is 4.68. The van der Waals surface area contributed by atoms with Crippen molar-refractivity contribution in [3.05, 3.63) is 35.9 Å². The van der Waals surface area contributed by atoms with Gasteiger partial charge in [-0.05, 0) is 5.56 Å². The maximum Gasteiger partial charge on any atom is 0.269 e. The van der Waals surface area contributed by atoms with E-state index in [0.717, 1.165) is 0 Å². The zero-order valence-electron chi connectivity index (χ0n) is 7.27. The molecule has 6 nitrogen and oxygen atoms in total. The molecule has 7 N–H and O–H groups in total. The maximum absolute atomic E-state index is 10.4. The van der Waals surface area contributed by atoms with E-state index < -0.39 is 10.1 Å². The van der Waals surface area contributed by atoms with Crippen LogP contribution in [0.5, 0.6) is 0 Å². The van der Waals surface area contributed by atoms with Gasteiger partial charge in [0, 0.05) is 0 Å². The SMILES string of the molecule is O.O.O.O=S(=O)(O)Cc1ccccc1. The number of benzene rings is 1. The molecule has 0 saturated carbocycles. The molecule has 84 valence electrons. The van der Waals surface area contributed by atoms with Gasteiger partial charge >= 0.3 is 0 Å². The molecular formula is C7H14O6S. The smallest absolute Gasteiger partial charge is 0.269 e. The number of hydrogen-bond acceptors (Lipinski definition) is 2. The molecule has 0 fully saturated rings. The molecule has 7 heteroatoms. The Balaban J connectivity index is -0.000000403. The highest BCUT2D eigenvalue weighted by molar-refractivity contribution is 7.85. The minimum atomic E-state index is -3.88. The van der Waals surface area contributed by atoms with Gasteiger partial charge < -0.3 is 16.4 Å². The highest BCUT2D eigenvalue weighted by Gasteiger charge is 2.04. The van der Waals surface area contributed by atoms with Gasteiger partial charge in [0.2, 0.25) is 0 Å². The minimum absolute atomic E-state index is 0. The van der Waals surface area contributed by atoms with E-state index >= 15 is 0 Å². The van der Waals surface area contributed by atoms with Crippen LogP contribution < -0.4 is 0 Å². The molecule has 0 amide bonds. The Morgan fingerprint density at radius 2 is 1.43 bits per heavy atom. The third-order valence-corrected chi connectivity index (χ3v) is 1.89. The third-order valence-electron chi connectivity index (χ3n) is 1.19. The highest BCUT2D eigenvalue weighted by atomic mass is 32.2. The summed E-state index contributed by atoms with van der Waals surface area (Å²) in [5, 5.41) is 0. The summed E-state index contributed by atoms with van der Waals surface area (Å²) >= 11 is 0. The Labute approximate surface area is 81.9 Å². The van der Waals surface area contributed by atoms with Crippen LogP contribution in [0.1, 0.15) is 5.56 Å². The highest BCUT2D eigenvalue weighted by Crippen LogP contribution is 2.02. The topological polar surface area (TPSA) is 149 Å². The lowest BCUT2D eigenvalue weighted by Gasteiger charge is -1.95. The summed E-state index contributed by atoms with van der Waals surface area (Å²) < 4.78 is 29.2. The first-order valence-electron chi connectivity index (χ1n) is 3.07. The van der Waals surface area contributed by atoms with E-state index in [0.29, 0.717) is 5.56 Å². The Morgan fingerprint density at radius 3 is 1.79 bits per heavy atom. The largest absolute Gasteiger partial charge is 0.412 e. The van der Waals surface area contributed by atoms with Crippen molar-refractivity contribution in [2.45, 2.75) is 5.75 Å². The van der Waals surface area contributed by atoms with E-state index in [1.807, 2.05) is 0 Å². The maximum atomic E-state index is 10.4. The van der Waals surface area contributed by atoms with Crippen LogP contribution in [-0.2, 0) is 15.9 Å². The summed E-state index contributed by atoms with van der Waals surface area (Å²) in [5.74, 6) is -0.312. The second-order valence-corrected chi connectivity index (χ2v) is 3.66. The average Bonchev–Trinajstić information content (AvgIpc) is 1.85. The third kappa shape index (κ3) is 7.65. The molecule has 0 spiro atoms. The standard InChI is InChI=1S/C7H8O3S.3H2O/c8-11(9,10)6-7-4-2-1-3-5-7;;;/h1-5H,6H2,(H,8,9,10);3*1H2. The fourth-order valence-electron chi connectivity index (χ4n) is 0.785. The minimum Gasteiger partial charge on any atom is -0.412 e. The predicted molar refractivity (Wildman–Crippen MR) is 52.5 cm³/mol. The summed E-state index contributed by atoms with van der Waals surface area (Å²) in [4.78, 5) is 0. The lowest BCUT2D eigenvalue weighted by Crippen LogP contribution is -2.00. The molecule has 1 rings (SSSR count). The van der Waals surface area contributed by atoms with Crippen LogP contribution in [0, 0.1) is 0 Å². The molecular weight excluding hydrogens is 212 g/mol. The fourth-order valence-corrected chi connectivity index (χ4v) is 1.40. The average molecular weight is 226 g/mol. The van der Waals surface area contributed by atoms with E-state index in [4.69, 9.17) is 4.55 Å². The molecule has 1 aromatic carbocycles. The second kappa shape index (κ2) is 7.42. The van der Waals surface area contributed by atoms with Crippen molar-refractivity contribution < 1.29 is 29.4 Å². The van der Waals surface area contributed by atoms with E-state index in [2.05, 4.69) is 0 Å². The van der Waals surface area contributed by atoms with E-state index in [-0.39, 0.29) is 22.2 Å². The van der Waals surface area contributed by atoms with Crippen LogP contribution in [0.3, 0.4) is 0 Å². The monoisotopic (exact) mass is 226 g/mol. The van der Waals surface area contributed by atoms with Gasteiger partial charge in [0.15, 0.2) is 0 Å². The molecule has 14 heavy (non-hydrogen) atoms. The van der Waals surface area contributed by atoms with Crippen molar-refractivity contribution in [3.8, 4) is 0 Å². The summed E-state index contributed by atoms with van der Waals surface area (Å²) in [6.45, 7) is 0. The van der Waals surface area contributed by atoms with E-state index in [1.165, 1.54) is 0 Å². The van der Waals surface area contributed by atoms with Crippen molar-refractivity contribution >= 4 is 10.1 Å². The van der Waals surface area contributed by atoms with Crippen LogP contribution >= 0.6 is 0 Å². The van der Waals surface area contributed by atoms with Gasteiger partial charge in [0.25, 0.3) is 10.1 Å². The first kappa shape index (κ1) is 18.7. The molecule has 0 aliphatic rings. The Bertz CT molecular complexity index is 319. The molecule has 0 saturated heterocycles. The van der Waals surface area contributed by atoms with E-state index in [9.17, 15) is 8.42 Å². The second-order valence-electron chi connectivity index (χ2n) is 2.21.